The molecule has 2 aromatic carbocycles. The van der Waals surface area contributed by atoms with Crippen LogP contribution in [-0.2, 0) is 4.79 Å². The van der Waals surface area contributed by atoms with Gasteiger partial charge in [-0.25, -0.2) is 0 Å². The quantitative estimate of drug-likeness (QED) is 0.732. The summed E-state index contributed by atoms with van der Waals surface area (Å²) in [6, 6.07) is 17.2. The van der Waals surface area contributed by atoms with Crippen LogP contribution in [0.4, 0.5) is 5.69 Å². The maximum atomic E-state index is 12.5. The molecule has 0 unspecified atom stereocenters. The van der Waals surface area contributed by atoms with Gasteiger partial charge in [-0.3, -0.25) is 14.8 Å². The van der Waals surface area contributed by atoms with Crippen molar-refractivity contribution in [3.63, 3.8) is 0 Å². The Labute approximate surface area is 172 Å². The van der Waals surface area contributed by atoms with Crippen molar-refractivity contribution >= 4 is 11.6 Å². The van der Waals surface area contributed by atoms with E-state index in [0.29, 0.717) is 23.8 Å². The van der Waals surface area contributed by atoms with Gasteiger partial charge in [0.1, 0.15) is 11.5 Å². The van der Waals surface area contributed by atoms with Gasteiger partial charge in [-0.15, -0.1) is 0 Å². The van der Waals surface area contributed by atoms with Crippen molar-refractivity contribution in [2.24, 2.45) is 0 Å². The van der Waals surface area contributed by atoms with E-state index in [1.165, 1.54) is 0 Å². The first kappa shape index (κ1) is 20.3. The number of nitrogens with zero attached hydrogens (tertiary/aromatic N) is 2. The van der Waals surface area contributed by atoms with Crippen molar-refractivity contribution in [3.05, 3.63) is 78.3 Å². The van der Waals surface area contributed by atoms with Crippen molar-refractivity contribution in [1.29, 1.82) is 0 Å². The molecule has 2 aromatic rings. The van der Waals surface area contributed by atoms with Crippen LogP contribution in [-0.4, -0.2) is 31.2 Å². The van der Waals surface area contributed by atoms with Crippen molar-refractivity contribution < 1.29 is 14.3 Å². The Hall–Kier alpha value is -3.41. The summed E-state index contributed by atoms with van der Waals surface area (Å²) in [6.07, 6.45) is 0.931. The fraction of sp³-hybridized carbons (Fsp3) is 0.261. The number of allylic oxidation sites excluding steroid dienone is 1. The molecule has 1 N–H and O–H groups in total. The van der Waals surface area contributed by atoms with Gasteiger partial charge in [-0.1, -0.05) is 37.8 Å². The van der Waals surface area contributed by atoms with Crippen LogP contribution in [0.5, 0.6) is 11.5 Å². The lowest BCUT2D eigenvalue weighted by atomic mass is 10.2. The van der Waals surface area contributed by atoms with Gasteiger partial charge in [0, 0.05) is 13.1 Å². The maximum Gasteiger partial charge on any atom is 0.262 e. The zero-order chi connectivity index (χ0) is 20.8. The molecule has 0 aromatic heterocycles. The number of para-hydroxylation sites is 1. The Bertz CT molecular complexity index is 909. The first-order valence-corrected chi connectivity index (χ1v) is 9.65. The van der Waals surface area contributed by atoms with Crippen molar-refractivity contribution in [2.75, 3.05) is 25.3 Å². The molecule has 0 atom stereocenters. The first-order chi connectivity index (χ1) is 14.0. The largest absolute Gasteiger partial charge is 0.493 e. The number of hydrogen-bond acceptors (Lipinski definition) is 5. The number of hydrazine groups is 1. The van der Waals surface area contributed by atoms with Crippen LogP contribution in [0.25, 0.3) is 0 Å². The molecular weight excluding hydrogens is 366 g/mol. The van der Waals surface area contributed by atoms with Gasteiger partial charge in [0.2, 0.25) is 0 Å². The van der Waals surface area contributed by atoms with Gasteiger partial charge in [-0.2, -0.15) is 0 Å². The third kappa shape index (κ3) is 4.71. The Morgan fingerprint density at radius 3 is 2.45 bits per heavy atom. The summed E-state index contributed by atoms with van der Waals surface area (Å²) in [7, 11) is 1.94. The Morgan fingerprint density at radius 1 is 1.07 bits per heavy atom. The molecule has 6 heteroatoms. The minimum absolute atomic E-state index is 0.101. The third-order valence-electron chi connectivity index (χ3n) is 4.60. The molecule has 0 bridgehead atoms. The van der Waals surface area contributed by atoms with Gasteiger partial charge < -0.3 is 14.8 Å². The number of anilines is 1. The molecule has 29 heavy (non-hydrogen) atoms. The highest BCUT2D eigenvalue weighted by Gasteiger charge is 2.30. The second-order valence-electron chi connectivity index (χ2n) is 6.74. The van der Waals surface area contributed by atoms with Crippen LogP contribution in [0.3, 0.4) is 0 Å². The normalized spacial score (nSPS) is 13.7. The smallest absolute Gasteiger partial charge is 0.262 e. The van der Waals surface area contributed by atoms with E-state index in [-0.39, 0.29) is 12.5 Å². The van der Waals surface area contributed by atoms with E-state index in [2.05, 4.69) is 18.8 Å². The highest BCUT2D eigenvalue weighted by atomic mass is 16.5. The van der Waals surface area contributed by atoms with Crippen LogP contribution in [0.2, 0.25) is 0 Å². The lowest BCUT2D eigenvalue weighted by Crippen LogP contribution is -2.33. The summed E-state index contributed by atoms with van der Waals surface area (Å²) >= 11 is 0. The minimum atomic E-state index is -0.247. The van der Waals surface area contributed by atoms with Gasteiger partial charge >= 0.3 is 0 Å². The van der Waals surface area contributed by atoms with Crippen LogP contribution in [0.1, 0.15) is 20.3 Å². The number of nitrogens with one attached hydrogen (secondary N) is 1. The molecule has 1 heterocycles. The summed E-state index contributed by atoms with van der Waals surface area (Å²) in [6.45, 7) is 8.70. The standard InChI is InChI=1S/C23H27N3O3/c1-5-14-28-20-12-9-13-21(15-20)29-16-22(27)24-23-17(2)25(4)26(18(23)3)19-10-7-6-8-11-19/h6-13,15H,3,5,14,16H2,1-2,4H3,(H,24,27). The zero-order valence-corrected chi connectivity index (χ0v) is 17.1. The topological polar surface area (TPSA) is 54.0 Å². The minimum Gasteiger partial charge on any atom is -0.493 e. The number of carbonyl (C=O) groups excluding carboxylic acids is 1. The molecule has 6 nitrogen and oxygen atoms in total. The third-order valence-corrected chi connectivity index (χ3v) is 4.60. The van der Waals surface area contributed by atoms with Crippen molar-refractivity contribution in [1.82, 2.24) is 10.3 Å². The number of amides is 1. The maximum absolute atomic E-state index is 12.5. The second-order valence-corrected chi connectivity index (χ2v) is 6.74. The number of rotatable bonds is 8. The molecule has 0 saturated heterocycles. The van der Waals surface area contributed by atoms with Gasteiger partial charge in [0.25, 0.3) is 5.91 Å². The average Bonchev–Trinajstić information content (AvgIpc) is 2.95. The summed E-state index contributed by atoms with van der Waals surface area (Å²) in [5, 5.41) is 6.85. The monoisotopic (exact) mass is 393 g/mol. The molecule has 0 fully saturated rings. The molecule has 152 valence electrons. The van der Waals surface area contributed by atoms with E-state index < -0.39 is 0 Å². The fourth-order valence-corrected chi connectivity index (χ4v) is 3.07. The summed E-state index contributed by atoms with van der Waals surface area (Å²) in [5.74, 6) is 1.07. The molecule has 0 radical (unpaired) electrons. The zero-order valence-electron chi connectivity index (χ0n) is 17.1. The van der Waals surface area contributed by atoms with E-state index >= 15 is 0 Å². The van der Waals surface area contributed by atoms with E-state index in [1.807, 2.05) is 66.5 Å². The Morgan fingerprint density at radius 2 is 1.76 bits per heavy atom. The number of ether oxygens (including phenoxy) is 2. The number of hydrogen-bond donors (Lipinski definition) is 1. The van der Waals surface area contributed by atoms with E-state index in [4.69, 9.17) is 9.47 Å². The van der Waals surface area contributed by atoms with Crippen LogP contribution >= 0.6 is 0 Å². The lowest BCUT2D eigenvalue weighted by Gasteiger charge is -2.29. The Balaban J connectivity index is 1.61. The summed E-state index contributed by atoms with van der Waals surface area (Å²) in [4.78, 5) is 12.5. The highest BCUT2D eigenvalue weighted by Crippen LogP contribution is 2.33. The predicted molar refractivity (Wildman–Crippen MR) is 114 cm³/mol. The van der Waals surface area contributed by atoms with Crippen LogP contribution in [0.15, 0.2) is 78.3 Å². The van der Waals surface area contributed by atoms with E-state index in [1.54, 1.807) is 12.1 Å². The Kier molecular flexibility index (Phi) is 6.44. The SMILES string of the molecule is C=C1C(NC(=O)COc2cccc(OCCC)c2)=C(C)N(C)N1c1ccccc1. The van der Waals surface area contributed by atoms with Crippen molar-refractivity contribution in [3.8, 4) is 11.5 Å². The van der Waals surface area contributed by atoms with Gasteiger partial charge in [0.15, 0.2) is 6.61 Å². The number of benzene rings is 2. The second kappa shape index (κ2) is 9.19. The predicted octanol–water partition coefficient (Wildman–Crippen LogP) is 4.08. The summed E-state index contributed by atoms with van der Waals surface area (Å²) < 4.78 is 11.2. The van der Waals surface area contributed by atoms with Crippen molar-refractivity contribution in [2.45, 2.75) is 20.3 Å². The molecule has 0 saturated carbocycles. The highest BCUT2D eigenvalue weighted by molar-refractivity contribution is 5.81. The van der Waals surface area contributed by atoms with E-state index in [9.17, 15) is 4.79 Å². The van der Waals surface area contributed by atoms with Crippen LogP contribution < -0.4 is 19.8 Å². The molecule has 3 rings (SSSR count). The number of carbonyl (C=O) groups is 1. The lowest BCUT2D eigenvalue weighted by molar-refractivity contribution is -0.122. The average molecular weight is 393 g/mol. The molecule has 0 aliphatic carbocycles. The van der Waals surface area contributed by atoms with Gasteiger partial charge in [-0.05, 0) is 37.6 Å². The van der Waals surface area contributed by atoms with Crippen LogP contribution in [0, 0.1) is 0 Å². The molecule has 1 aliphatic rings. The fourth-order valence-electron chi connectivity index (χ4n) is 3.07. The van der Waals surface area contributed by atoms with E-state index in [0.717, 1.165) is 23.6 Å². The molecule has 0 spiro atoms. The first-order valence-electron chi connectivity index (χ1n) is 9.65. The molecular formula is C23H27N3O3. The molecule has 1 amide bonds. The molecule has 1 aliphatic heterocycles. The summed E-state index contributed by atoms with van der Waals surface area (Å²) in [5.41, 5.74) is 3.27. The van der Waals surface area contributed by atoms with Gasteiger partial charge in [0.05, 0.1) is 29.4 Å².